The minimum absolute atomic E-state index is 0.0813. The van der Waals surface area contributed by atoms with Gasteiger partial charge in [0.1, 0.15) is 0 Å². The summed E-state index contributed by atoms with van der Waals surface area (Å²) in [7, 11) is -2.85. The third kappa shape index (κ3) is 2.68. The van der Waals surface area contributed by atoms with E-state index >= 15 is 0 Å². The SMILES string of the molecule is O=S1(=O)CCC(C(Br)c2ccc(Br)c3ccccc23)C1. The van der Waals surface area contributed by atoms with Crippen LogP contribution in [0, 0.1) is 5.92 Å². The van der Waals surface area contributed by atoms with E-state index in [1.807, 2.05) is 18.2 Å². The number of rotatable bonds is 2. The van der Waals surface area contributed by atoms with E-state index in [9.17, 15) is 8.42 Å². The molecule has 1 fully saturated rings. The summed E-state index contributed by atoms with van der Waals surface area (Å²) >= 11 is 7.30. The maximum atomic E-state index is 11.7. The van der Waals surface area contributed by atoms with Crippen molar-refractivity contribution in [1.29, 1.82) is 0 Å². The number of alkyl halides is 1. The summed E-state index contributed by atoms with van der Waals surface area (Å²) in [5, 5.41) is 2.34. The van der Waals surface area contributed by atoms with E-state index < -0.39 is 9.84 Å². The number of fused-ring (bicyclic) bond motifs is 1. The molecule has 1 saturated heterocycles. The van der Waals surface area contributed by atoms with Crippen LogP contribution in [0.5, 0.6) is 0 Å². The highest BCUT2D eigenvalue weighted by molar-refractivity contribution is 9.10. The standard InChI is InChI=1S/C15H14Br2O2S/c16-14-6-5-13(11-3-1-2-4-12(11)14)15(17)10-7-8-20(18,19)9-10/h1-6,10,15H,7-9H2. The fourth-order valence-corrected chi connectivity index (χ4v) is 6.25. The van der Waals surface area contributed by atoms with Crippen LogP contribution in [0.15, 0.2) is 40.9 Å². The van der Waals surface area contributed by atoms with E-state index in [4.69, 9.17) is 0 Å². The molecule has 1 aliphatic rings. The minimum atomic E-state index is -2.85. The molecule has 2 nitrogen and oxygen atoms in total. The number of hydrogen-bond donors (Lipinski definition) is 0. The lowest BCUT2D eigenvalue weighted by molar-refractivity contribution is 0.581. The Kier molecular flexibility index (Phi) is 3.95. The molecule has 0 spiro atoms. The summed E-state index contributed by atoms with van der Waals surface area (Å²) in [5.74, 6) is 0.756. The fourth-order valence-electron chi connectivity index (χ4n) is 2.83. The third-order valence-corrected chi connectivity index (χ3v) is 7.61. The second kappa shape index (κ2) is 5.43. The molecule has 1 heterocycles. The predicted octanol–water partition coefficient (Wildman–Crippen LogP) is 4.47. The Morgan fingerprint density at radius 3 is 2.45 bits per heavy atom. The molecule has 0 saturated carbocycles. The van der Waals surface area contributed by atoms with Crippen molar-refractivity contribution in [3.63, 3.8) is 0 Å². The first-order valence-corrected chi connectivity index (χ1v) is 10.0. The second-order valence-corrected chi connectivity index (χ2v) is 9.32. The molecular formula is C15H14Br2O2S. The highest BCUT2D eigenvalue weighted by atomic mass is 79.9. The van der Waals surface area contributed by atoms with Crippen LogP contribution in [0.3, 0.4) is 0 Å². The van der Waals surface area contributed by atoms with Crippen molar-refractivity contribution in [2.24, 2.45) is 5.92 Å². The monoisotopic (exact) mass is 416 g/mol. The molecule has 0 bridgehead atoms. The average Bonchev–Trinajstić information content (AvgIpc) is 2.79. The van der Waals surface area contributed by atoms with Crippen molar-refractivity contribution in [1.82, 2.24) is 0 Å². The van der Waals surface area contributed by atoms with Gasteiger partial charge in [-0.1, -0.05) is 62.2 Å². The molecule has 0 radical (unpaired) electrons. The number of sulfone groups is 1. The Bertz CT molecular complexity index is 756. The number of hydrogen-bond acceptors (Lipinski definition) is 2. The van der Waals surface area contributed by atoms with Gasteiger partial charge < -0.3 is 0 Å². The Morgan fingerprint density at radius 1 is 1.10 bits per heavy atom. The van der Waals surface area contributed by atoms with E-state index in [-0.39, 0.29) is 16.5 Å². The summed E-state index contributed by atoms with van der Waals surface area (Å²) < 4.78 is 24.4. The van der Waals surface area contributed by atoms with Crippen molar-refractivity contribution in [3.05, 3.63) is 46.4 Å². The Labute approximate surface area is 135 Å². The molecule has 0 amide bonds. The van der Waals surface area contributed by atoms with Crippen molar-refractivity contribution >= 4 is 52.5 Å². The van der Waals surface area contributed by atoms with Gasteiger partial charge in [0.05, 0.1) is 11.5 Å². The molecule has 5 heteroatoms. The van der Waals surface area contributed by atoms with Crippen LogP contribution in [0.4, 0.5) is 0 Å². The summed E-state index contributed by atoms with van der Waals surface area (Å²) in [4.78, 5) is 0.0813. The van der Waals surface area contributed by atoms with Crippen molar-refractivity contribution < 1.29 is 8.42 Å². The first kappa shape index (κ1) is 14.5. The Balaban J connectivity index is 2.04. The molecule has 0 aliphatic carbocycles. The van der Waals surface area contributed by atoms with Crippen LogP contribution < -0.4 is 0 Å². The topological polar surface area (TPSA) is 34.1 Å². The number of halogens is 2. The van der Waals surface area contributed by atoms with Gasteiger partial charge >= 0.3 is 0 Å². The summed E-state index contributed by atoms with van der Waals surface area (Å²) in [6.45, 7) is 0. The van der Waals surface area contributed by atoms with Gasteiger partial charge in [-0.25, -0.2) is 8.42 Å². The largest absolute Gasteiger partial charge is 0.229 e. The van der Waals surface area contributed by atoms with Crippen LogP contribution in [0.1, 0.15) is 16.8 Å². The smallest absolute Gasteiger partial charge is 0.150 e. The van der Waals surface area contributed by atoms with Crippen LogP contribution in [-0.4, -0.2) is 19.9 Å². The molecule has 106 valence electrons. The molecule has 2 aromatic carbocycles. The minimum Gasteiger partial charge on any atom is -0.229 e. The van der Waals surface area contributed by atoms with Crippen molar-refractivity contribution in [2.75, 3.05) is 11.5 Å². The molecule has 1 aliphatic heterocycles. The van der Waals surface area contributed by atoms with Gasteiger partial charge in [-0.2, -0.15) is 0 Å². The highest BCUT2D eigenvalue weighted by Gasteiger charge is 2.33. The molecule has 2 atom stereocenters. The van der Waals surface area contributed by atoms with Crippen LogP contribution in [-0.2, 0) is 9.84 Å². The molecule has 2 aromatic rings. The van der Waals surface area contributed by atoms with Crippen molar-refractivity contribution in [3.8, 4) is 0 Å². The molecule has 3 rings (SSSR count). The van der Waals surface area contributed by atoms with E-state index in [0.29, 0.717) is 5.75 Å². The van der Waals surface area contributed by atoms with Gasteiger partial charge in [-0.3, -0.25) is 0 Å². The van der Waals surface area contributed by atoms with E-state index in [1.165, 1.54) is 10.9 Å². The molecule has 0 N–H and O–H groups in total. The summed E-state index contributed by atoms with van der Waals surface area (Å²) in [5.41, 5.74) is 1.17. The van der Waals surface area contributed by atoms with Gasteiger partial charge in [0, 0.05) is 9.30 Å². The van der Waals surface area contributed by atoms with E-state index in [2.05, 4.69) is 50.1 Å². The molecule has 20 heavy (non-hydrogen) atoms. The predicted molar refractivity (Wildman–Crippen MR) is 90.1 cm³/mol. The number of benzene rings is 2. The van der Waals surface area contributed by atoms with E-state index in [0.717, 1.165) is 16.3 Å². The average molecular weight is 418 g/mol. The van der Waals surface area contributed by atoms with Crippen molar-refractivity contribution in [2.45, 2.75) is 11.2 Å². The van der Waals surface area contributed by atoms with Gasteiger partial charge in [-0.15, -0.1) is 0 Å². The fraction of sp³-hybridized carbons (Fsp3) is 0.333. The Hall–Kier alpha value is -0.390. The first-order valence-electron chi connectivity index (χ1n) is 6.49. The second-order valence-electron chi connectivity index (χ2n) is 5.25. The maximum Gasteiger partial charge on any atom is 0.150 e. The van der Waals surface area contributed by atoms with Crippen LogP contribution in [0.2, 0.25) is 0 Å². The molecule has 2 unspecified atom stereocenters. The van der Waals surface area contributed by atoms with Crippen LogP contribution in [0.25, 0.3) is 10.8 Å². The summed E-state index contributed by atoms with van der Waals surface area (Å²) in [6, 6.07) is 12.3. The quantitative estimate of drug-likeness (QED) is 0.675. The lowest BCUT2D eigenvalue weighted by Gasteiger charge is -2.19. The normalized spacial score (nSPS) is 23.0. The van der Waals surface area contributed by atoms with Crippen LogP contribution >= 0.6 is 31.9 Å². The summed E-state index contributed by atoms with van der Waals surface area (Å²) in [6.07, 6.45) is 0.739. The van der Waals surface area contributed by atoms with Gasteiger partial charge in [0.25, 0.3) is 0 Å². The van der Waals surface area contributed by atoms with Gasteiger partial charge in [0.15, 0.2) is 9.84 Å². The van der Waals surface area contributed by atoms with E-state index in [1.54, 1.807) is 0 Å². The first-order chi connectivity index (χ1) is 9.48. The zero-order valence-corrected chi connectivity index (χ0v) is 14.7. The van der Waals surface area contributed by atoms with Gasteiger partial charge in [0.2, 0.25) is 0 Å². The molecule has 0 aromatic heterocycles. The lowest BCUT2D eigenvalue weighted by atomic mass is 9.94. The third-order valence-electron chi connectivity index (χ3n) is 3.88. The highest BCUT2D eigenvalue weighted by Crippen LogP contribution is 2.41. The Morgan fingerprint density at radius 2 is 1.80 bits per heavy atom. The lowest BCUT2D eigenvalue weighted by Crippen LogP contribution is -2.10. The zero-order chi connectivity index (χ0) is 14.3. The van der Waals surface area contributed by atoms with Gasteiger partial charge in [-0.05, 0) is 34.7 Å². The maximum absolute atomic E-state index is 11.7. The zero-order valence-electron chi connectivity index (χ0n) is 10.7. The molecular weight excluding hydrogens is 404 g/mol.